The van der Waals surface area contributed by atoms with Crippen molar-refractivity contribution in [3.8, 4) is 11.1 Å². The van der Waals surface area contributed by atoms with E-state index >= 15 is 0 Å². The van der Waals surface area contributed by atoms with Crippen LogP contribution in [0.25, 0.3) is 16.0 Å². The van der Waals surface area contributed by atoms with E-state index < -0.39 is 0 Å². The third kappa shape index (κ3) is 2.73. The Morgan fingerprint density at radius 1 is 1.06 bits per heavy atom. The molecule has 0 unspecified atom stereocenters. The second-order valence-electron chi connectivity index (χ2n) is 4.15. The van der Waals surface area contributed by atoms with E-state index in [1.807, 2.05) is 0 Å². The largest absolute Gasteiger partial charge is 0.317 e. The predicted molar refractivity (Wildman–Crippen MR) is 71.8 cm³/mol. The molecule has 0 atom stereocenters. The van der Waals surface area contributed by atoms with Gasteiger partial charge in [-0.05, 0) is 29.2 Å². The zero-order valence-corrected chi connectivity index (χ0v) is 9.98. The van der Waals surface area contributed by atoms with E-state index in [2.05, 4.69) is 60.3 Å². The van der Waals surface area contributed by atoms with Crippen molar-refractivity contribution in [3.63, 3.8) is 0 Å². The Morgan fingerprint density at radius 2 is 1.88 bits per heavy atom. The van der Waals surface area contributed by atoms with Crippen molar-refractivity contribution >= 4 is 0 Å². The first kappa shape index (κ1) is 11.4. The van der Waals surface area contributed by atoms with Gasteiger partial charge in [-0.25, -0.2) is 6.57 Å². The monoisotopic (exact) mass is 221 g/mol. The molecule has 0 amide bonds. The highest BCUT2D eigenvalue weighted by Crippen LogP contribution is 2.23. The molecule has 0 saturated heterocycles. The van der Waals surface area contributed by atoms with Crippen molar-refractivity contribution in [3.05, 3.63) is 71.1 Å². The van der Waals surface area contributed by atoms with Gasteiger partial charge in [0.2, 0.25) is 6.54 Å². The van der Waals surface area contributed by atoms with Crippen molar-refractivity contribution in [2.24, 2.45) is 0 Å². The SMILES string of the molecule is [C-]#[N+]CCc1cccc(-c2ccccc2C)c1. The fourth-order valence-corrected chi connectivity index (χ4v) is 1.98. The molecule has 0 heterocycles. The zero-order valence-electron chi connectivity index (χ0n) is 9.98. The molecular formula is C16H15N. The van der Waals surface area contributed by atoms with Crippen molar-refractivity contribution in [2.75, 3.05) is 6.54 Å². The molecule has 1 heteroatoms. The van der Waals surface area contributed by atoms with E-state index in [9.17, 15) is 0 Å². The number of nitrogens with zero attached hydrogens (tertiary/aromatic N) is 1. The molecule has 0 fully saturated rings. The number of benzene rings is 2. The van der Waals surface area contributed by atoms with Crippen molar-refractivity contribution < 1.29 is 0 Å². The normalized spacial score (nSPS) is 9.88. The molecule has 0 aliphatic carbocycles. The minimum Gasteiger partial charge on any atom is -0.317 e. The maximum atomic E-state index is 6.83. The van der Waals surface area contributed by atoms with Crippen LogP contribution in [-0.2, 0) is 6.42 Å². The molecule has 0 aliphatic rings. The summed E-state index contributed by atoms with van der Waals surface area (Å²) in [5.74, 6) is 0. The summed E-state index contributed by atoms with van der Waals surface area (Å²) >= 11 is 0. The van der Waals surface area contributed by atoms with Crippen LogP contribution in [0.2, 0.25) is 0 Å². The van der Waals surface area contributed by atoms with Crippen LogP contribution >= 0.6 is 0 Å². The van der Waals surface area contributed by atoms with Gasteiger partial charge >= 0.3 is 0 Å². The summed E-state index contributed by atoms with van der Waals surface area (Å²) in [5, 5.41) is 0. The molecule has 2 rings (SSSR count). The fraction of sp³-hybridized carbons (Fsp3) is 0.188. The lowest BCUT2D eigenvalue weighted by Crippen LogP contribution is -1.89. The molecule has 0 N–H and O–H groups in total. The highest BCUT2D eigenvalue weighted by molar-refractivity contribution is 5.67. The van der Waals surface area contributed by atoms with Gasteiger partial charge < -0.3 is 4.85 Å². The van der Waals surface area contributed by atoms with E-state index in [1.165, 1.54) is 22.3 Å². The minimum atomic E-state index is 0.567. The van der Waals surface area contributed by atoms with E-state index in [0.717, 1.165) is 6.42 Å². The van der Waals surface area contributed by atoms with Crippen LogP contribution in [0.1, 0.15) is 11.1 Å². The summed E-state index contributed by atoms with van der Waals surface area (Å²) in [6.45, 7) is 9.52. The van der Waals surface area contributed by atoms with Crippen LogP contribution in [0.15, 0.2) is 48.5 Å². The second-order valence-corrected chi connectivity index (χ2v) is 4.15. The molecule has 0 radical (unpaired) electrons. The average molecular weight is 221 g/mol. The molecule has 1 nitrogen and oxygen atoms in total. The van der Waals surface area contributed by atoms with Crippen LogP contribution < -0.4 is 0 Å². The Labute approximate surface area is 103 Å². The molecule has 2 aromatic rings. The van der Waals surface area contributed by atoms with Gasteiger partial charge in [0.1, 0.15) is 0 Å². The number of aryl methyl sites for hydroxylation is 1. The van der Waals surface area contributed by atoms with Crippen LogP contribution in [0, 0.1) is 13.5 Å². The molecule has 84 valence electrons. The molecular weight excluding hydrogens is 206 g/mol. The summed E-state index contributed by atoms with van der Waals surface area (Å²) < 4.78 is 0. The highest BCUT2D eigenvalue weighted by Gasteiger charge is 2.02. The van der Waals surface area contributed by atoms with Crippen LogP contribution in [0.3, 0.4) is 0 Å². The Kier molecular flexibility index (Phi) is 3.57. The average Bonchev–Trinajstić information content (AvgIpc) is 2.37. The molecule has 2 aromatic carbocycles. The van der Waals surface area contributed by atoms with Crippen LogP contribution in [0.5, 0.6) is 0 Å². The Morgan fingerprint density at radius 3 is 2.65 bits per heavy atom. The first-order valence-corrected chi connectivity index (χ1v) is 5.79. The van der Waals surface area contributed by atoms with E-state index in [-0.39, 0.29) is 0 Å². The second kappa shape index (κ2) is 5.32. The summed E-state index contributed by atoms with van der Waals surface area (Å²) in [6, 6.07) is 16.9. The maximum Gasteiger partial charge on any atom is 0.218 e. The summed E-state index contributed by atoms with van der Waals surface area (Å²) in [4.78, 5) is 3.40. The minimum absolute atomic E-state index is 0.567. The lowest BCUT2D eigenvalue weighted by Gasteiger charge is -2.07. The van der Waals surface area contributed by atoms with Crippen molar-refractivity contribution in [1.82, 2.24) is 0 Å². The Hall–Kier alpha value is -2.07. The molecule has 0 bridgehead atoms. The first-order valence-electron chi connectivity index (χ1n) is 5.79. The summed E-state index contributed by atoms with van der Waals surface area (Å²) in [6.07, 6.45) is 0.837. The Bertz CT molecular complexity index is 549. The van der Waals surface area contributed by atoms with E-state index in [0.29, 0.717) is 6.54 Å². The van der Waals surface area contributed by atoms with Crippen LogP contribution in [0.4, 0.5) is 0 Å². The standard InChI is InChI=1S/C16H15N/c1-13-6-3-4-9-16(13)15-8-5-7-14(12-15)10-11-17-2/h3-9,12H,10-11H2,1H3. The third-order valence-corrected chi connectivity index (χ3v) is 2.90. The number of rotatable bonds is 3. The van der Waals surface area contributed by atoms with E-state index in [4.69, 9.17) is 6.57 Å². The van der Waals surface area contributed by atoms with Crippen LogP contribution in [-0.4, -0.2) is 6.54 Å². The molecule has 0 aliphatic heterocycles. The maximum absolute atomic E-state index is 6.83. The summed E-state index contributed by atoms with van der Waals surface area (Å²) in [7, 11) is 0. The van der Waals surface area contributed by atoms with Gasteiger partial charge in [0, 0.05) is 6.42 Å². The predicted octanol–water partition coefficient (Wildman–Crippen LogP) is 4.12. The van der Waals surface area contributed by atoms with Gasteiger partial charge in [-0.1, -0.05) is 48.5 Å². The zero-order chi connectivity index (χ0) is 12.1. The summed E-state index contributed by atoms with van der Waals surface area (Å²) in [5.41, 5.74) is 5.04. The Balaban J connectivity index is 2.34. The fourth-order valence-electron chi connectivity index (χ4n) is 1.98. The van der Waals surface area contributed by atoms with Gasteiger partial charge in [-0.15, -0.1) is 0 Å². The molecule has 17 heavy (non-hydrogen) atoms. The van der Waals surface area contributed by atoms with Gasteiger partial charge in [0.25, 0.3) is 0 Å². The number of hydrogen-bond donors (Lipinski definition) is 0. The molecule has 0 spiro atoms. The van der Waals surface area contributed by atoms with Crippen molar-refractivity contribution in [2.45, 2.75) is 13.3 Å². The molecule has 0 saturated carbocycles. The lowest BCUT2D eigenvalue weighted by molar-refractivity contribution is 1.08. The van der Waals surface area contributed by atoms with Gasteiger partial charge in [0.15, 0.2) is 0 Å². The first-order chi connectivity index (χ1) is 8.31. The van der Waals surface area contributed by atoms with Gasteiger partial charge in [0.05, 0.1) is 0 Å². The lowest BCUT2D eigenvalue weighted by atomic mass is 9.98. The smallest absolute Gasteiger partial charge is 0.218 e. The topological polar surface area (TPSA) is 4.36 Å². The van der Waals surface area contributed by atoms with E-state index in [1.54, 1.807) is 0 Å². The third-order valence-electron chi connectivity index (χ3n) is 2.90. The van der Waals surface area contributed by atoms with Gasteiger partial charge in [-0.3, -0.25) is 0 Å². The molecule has 0 aromatic heterocycles. The number of hydrogen-bond acceptors (Lipinski definition) is 0. The van der Waals surface area contributed by atoms with Crippen molar-refractivity contribution in [1.29, 1.82) is 0 Å². The quantitative estimate of drug-likeness (QED) is 0.687. The highest BCUT2D eigenvalue weighted by atomic mass is 14.6. The van der Waals surface area contributed by atoms with Gasteiger partial charge in [-0.2, -0.15) is 0 Å².